The lowest BCUT2D eigenvalue weighted by Gasteiger charge is -2.05. The van der Waals surface area contributed by atoms with E-state index in [4.69, 9.17) is 4.98 Å². The molecule has 1 aliphatic rings. The van der Waals surface area contributed by atoms with Crippen LogP contribution in [0.1, 0.15) is 33.9 Å². The predicted octanol–water partition coefficient (Wildman–Crippen LogP) is 4.29. The summed E-state index contributed by atoms with van der Waals surface area (Å²) in [5, 5.41) is 10.3. The second-order valence-electron chi connectivity index (χ2n) is 5.44. The van der Waals surface area contributed by atoms with Crippen molar-refractivity contribution >= 4 is 11.3 Å². The highest BCUT2D eigenvalue weighted by molar-refractivity contribution is 7.12. The van der Waals surface area contributed by atoms with Gasteiger partial charge in [0.15, 0.2) is 0 Å². The van der Waals surface area contributed by atoms with Crippen molar-refractivity contribution in [2.24, 2.45) is 0 Å². The summed E-state index contributed by atoms with van der Waals surface area (Å²) in [5.41, 5.74) is 4.48. The van der Waals surface area contributed by atoms with Crippen molar-refractivity contribution in [1.82, 2.24) is 4.98 Å². The molecule has 1 saturated carbocycles. The summed E-state index contributed by atoms with van der Waals surface area (Å²) < 4.78 is 0. The maximum absolute atomic E-state index is 9.30. The fourth-order valence-corrected chi connectivity index (χ4v) is 3.46. The molecule has 2 nitrogen and oxygen atoms in total. The summed E-state index contributed by atoms with van der Waals surface area (Å²) in [5.74, 6) is 0. The van der Waals surface area contributed by atoms with Crippen molar-refractivity contribution in [3.8, 4) is 17.3 Å². The van der Waals surface area contributed by atoms with Gasteiger partial charge in [-0.3, -0.25) is 0 Å². The number of hydrogen-bond donors (Lipinski definition) is 0. The largest absolute Gasteiger partial charge is 0.239 e. The van der Waals surface area contributed by atoms with E-state index in [-0.39, 0.29) is 5.41 Å². The van der Waals surface area contributed by atoms with Gasteiger partial charge in [-0.2, -0.15) is 5.26 Å². The van der Waals surface area contributed by atoms with Crippen LogP contribution in [0.3, 0.4) is 0 Å². The van der Waals surface area contributed by atoms with Crippen LogP contribution in [0.15, 0.2) is 18.2 Å². The number of nitrogens with zero attached hydrogens (tertiary/aromatic N) is 2. The highest BCUT2D eigenvalue weighted by atomic mass is 32.1. The van der Waals surface area contributed by atoms with Crippen molar-refractivity contribution in [2.45, 2.75) is 39.0 Å². The highest BCUT2D eigenvalue weighted by Gasteiger charge is 2.48. The van der Waals surface area contributed by atoms with Gasteiger partial charge in [-0.05, 0) is 45.2 Å². The average Bonchev–Trinajstić information content (AvgIpc) is 3.10. The van der Waals surface area contributed by atoms with Gasteiger partial charge in [0.1, 0.15) is 10.4 Å². The van der Waals surface area contributed by atoms with Crippen molar-refractivity contribution in [1.29, 1.82) is 5.26 Å². The molecule has 0 saturated heterocycles. The Morgan fingerprint density at radius 2 is 2.00 bits per heavy atom. The number of nitriles is 1. The monoisotopic (exact) mass is 268 g/mol. The average molecular weight is 268 g/mol. The number of hydrogen-bond acceptors (Lipinski definition) is 3. The van der Waals surface area contributed by atoms with Gasteiger partial charge in [-0.1, -0.05) is 17.7 Å². The smallest absolute Gasteiger partial charge is 0.114 e. The van der Waals surface area contributed by atoms with Crippen LogP contribution in [-0.4, -0.2) is 4.98 Å². The van der Waals surface area contributed by atoms with Gasteiger partial charge in [-0.15, -0.1) is 11.3 Å². The van der Waals surface area contributed by atoms with Crippen molar-refractivity contribution in [2.75, 3.05) is 0 Å². The van der Waals surface area contributed by atoms with Crippen LogP contribution in [0.2, 0.25) is 0 Å². The Kier molecular flexibility index (Phi) is 2.72. The first-order valence-electron chi connectivity index (χ1n) is 6.52. The van der Waals surface area contributed by atoms with Crippen LogP contribution in [0.25, 0.3) is 11.3 Å². The summed E-state index contributed by atoms with van der Waals surface area (Å²) in [7, 11) is 0. The van der Waals surface area contributed by atoms with Crippen LogP contribution in [-0.2, 0) is 5.41 Å². The van der Waals surface area contributed by atoms with Crippen molar-refractivity contribution < 1.29 is 0 Å². The molecule has 1 aromatic carbocycles. The van der Waals surface area contributed by atoms with Crippen molar-refractivity contribution in [3.05, 3.63) is 39.2 Å². The summed E-state index contributed by atoms with van der Waals surface area (Å²) in [6.07, 6.45) is 1.92. The van der Waals surface area contributed by atoms with Gasteiger partial charge in [-0.25, -0.2) is 4.98 Å². The fourth-order valence-electron chi connectivity index (χ4n) is 2.34. The maximum Gasteiger partial charge on any atom is 0.114 e. The lowest BCUT2D eigenvalue weighted by Crippen LogP contribution is -2.01. The molecule has 0 unspecified atom stereocenters. The van der Waals surface area contributed by atoms with E-state index in [1.54, 1.807) is 11.3 Å². The fraction of sp³-hybridized carbons (Fsp3) is 0.375. The van der Waals surface area contributed by atoms with Crippen LogP contribution in [0.4, 0.5) is 0 Å². The minimum absolute atomic E-state index is 0.272. The van der Waals surface area contributed by atoms with E-state index in [9.17, 15) is 5.26 Å². The Labute approximate surface area is 117 Å². The number of thiazole rings is 1. The molecule has 2 aromatic rings. The van der Waals surface area contributed by atoms with Gasteiger partial charge < -0.3 is 0 Å². The second-order valence-corrected chi connectivity index (χ2v) is 6.64. The van der Waals surface area contributed by atoms with Crippen LogP contribution in [0.5, 0.6) is 0 Å². The minimum Gasteiger partial charge on any atom is -0.239 e. The molecule has 0 atom stereocenters. The topological polar surface area (TPSA) is 36.7 Å². The van der Waals surface area contributed by atoms with E-state index in [0.29, 0.717) is 0 Å². The first-order chi connectivity index (χ1) is 9.05. The van der Waals surface area contributed by atoms with Gasteiger partial charge in [0.05, 0.1) is 11.8 Å². The molecule has 1 heterocycles. The Morgan fingerprint density at radius 1 is 1.26 bits per heavy atom. The molecule has 3 heteroatoms. The molecule has 0 amide bonds. The van der Waals surface area contributed by atoms with Crippen LogP contribution < -0.4 is 0 Å². The van der Waals surface area contributed by atoms with Gasteiger partial charge in [0, 0.05) is 10.4 Å². The molecule has 19 heavy (non-hydrogen) atoms. The van der Waals surface area contributed by atoms with Crippen LogP contribution >= 0.6 is 11.3 Å². The SMILES string of the molecule is Cc1ccc(C)c(-c2nc(C3(C#N)CC3)sc2C)c1. The zero-order valence-corrected chi connectivity index (χ0v) is 12.3. The number of benzene rings is 1. The van der Waals surface area contributed by atoms with E-state index in [1.165, 1.54) is 21.6 Å². The minimum atomic E-state index is -0.272. The molecule has 0 spiro atoms. The zero-order chi connectivity index (χ0) is 13.6. The summed E-state index contributed by atoms with van der Waals surface area (Å²) in [6.45, 7) is 6.32. The third kappa shape index (κ3) is 1.97. The molecule has 0 bridgehead atoms. The summed E-state index contributed by atoms with van der Waals surface area (Å²) in [6, 6.07) is 8.89. The summed E-state index contributed by atoms with van der Waals surface area (Å²) in [4.78, 5) is 6.00. The van der Waals surface area contributed by atoms with E-state index in [1.807, 2.05) is 0 Å². The molecule has 1 fully saturated rings. The lowest BCUT2D eigenvalue weighted by molar-refractivity contribution is 0.891. The molecular weight excluding hydrogens is 252 g/mol. The van der Waals surface area contributed by atoms with Crippen molar-refractivity contribution in [3.63, 3.8) is 0 Å². The molecule has 96 valence electrons. The number of aromatic nitrogens is 1. The summed E-state index contributed by atoms with van der Waals surface area (Å²) >= 11 is 1.68. The molecule has 1 aromatic heterocycles. The van der Waals surface area contributed by atoms with Gasteiger partial charge in [0.25, 0.3) is 0 Å². The lowest BCUT2D eigenvalue weighted by atomic mass is 10.0. The zero-order valence-electron chi connectivity index (χ0n) is 11.4. The van der Waals surface area contributed by atoms with Crippen LogP contribution in [0, 0.1) is 32.1 Å². The molecule has 1 aliphatic carbocycles. The Morgan fingerprint density at radius 3 is 2.63 bits per heavy atom. The molecule has 3 rings (SSSR count). The van der Waals surface area contributed by atoms with E-state index in [2.05, 4.69) is 45.0 Å². The predicted molar refractivity (Wildman–Crippen MR) is 78.3 cm³/mol. The second kappa shape index (κ2) is 4.18. The Hall–Kier alpha value is -1.66. The maximum atomic E-state index is 9.30. The number of aryl methyl sites for hydroxylation is 3. The Balaban J connectivity index is 2.12. The third-order valence-electron chi connectivity index (χ3n) is 3.82. The molecule has 0 radical (unpaired) electrons. The van der Waals surface area contributed by atoms with E-state index >= 15 is 0 Å². The quantitative estimate of drug-likeness (QED) is 0.814. The normalized spacial score (nSPS) is 16.1. The highest BCUT2D eigenvalue weighted by Crippen LogP contribution is 2.50. The van der Waals surface area contributed by atoms with Gasteiger partial charge in [0.2, 0.25) is 0 Å². The molecular formula is C16H16N2S. The molecule has 0 N–H and O–H groups in total. The van der Waals surface area contributed by atoms with E-state index in [0.717, 1.165) is 23.5 Å². The standard InChI is InChI=1S/C16H16N2S/c1-10-4-5-11(2)13(8-10)14-12(3)19-15(18-14)16(9-17)6-7-16/h4-5,8H,6-7H2,1-3H3. The van der Waals surface area contributed by atoms with Gasteiger partial charge >= 0.3 is 0 Å². The Bertz CT molecular complexity index is 687. The number of rotatable bonds is 2. The van der Waals surface area contributed by atoms with E-state index < -0.39 is 0 Å². The molecule has 0 aliphatic heterocycles. The first-order valence-corrected chi connectivity index (χ1v) is 7.34. The third-order valence-corrected chi connectivity index (χ3v) is 4.99. The first kappa shape index (κ1) is 12.4.